The molecule has 1 aliphatic heterocycles. The van der Waals surface area contributed by atoms with Crippen molar-refractivity contribution in [2.75, 3.05) is 19.6 Å². The monoisotopic (exact) mass is 221 g/mol. The van der Waals surface area contributed by atoms with Crippen molar-refractivity contribution in [3.8, 4) is 0 Å². The van der Waals surface area contributed by atoms with Crippen molar-refractivity contribution in [1.29, 1.82) is 0 Å². The zero-order chi connectivity index (χ0) is 11.4. The molecule has 0 aliphatic carbocycles. The normalized spacial score (nSPS) is 24.9. The molecule has 3 N–H and O–H groups in total. The van der Waals surface area contributed by atoms with E-state index < -0.39 is 0 Å². The molecule has 0 radical (unpaired) electrons. The van der Waals surface area contributed by atoms with E-state index in [9.17, 15) is 5.11 Å². The minimum atomic E-state index is -0.205. The molecule has 88 valence electrons. The molecule has 2 atom stereocenters. The summed E-state index contributed by atoms with van der Waals surface area (Å²) < 4.78 is 0. The number of aliphatic hydroxyl groups is 1. The molecule has 2 heterocycles. The summed E-state index contributed by atoms with van der Waals surface area (Å²) in [4.78, 5) is 4.24. The fourth-order valence-electron chi connectivity index (χ4n) is 1.93. The molecule has 1 fully saturated rings. The standard InChI is InChI=1S/C12H19N3O/c1-9-2-3-10(5-15-9)4-13-6-11-7-14-8-12(11)16/h2-3,5,11-14,16H,4,6-8H2,1H3. The number of nitrogens with one attached hydrogen (secondary N) is 2. The van der Waals surface area contributed by atoms with Gasteiger partial charge in [0.15, 0.2) is 0 Å². The van der Waals surface area contributed by atoms with Crippen LogP contribution in [-0.2, 0) is 6.54 Å². The van der Waals surface area contributed by atoms with Gasteiger partial charge < -0.3 is 15.7 Å². The number of β-amino-alcohol motifs (C(OH)–C–C–N with tert-alkyl or cyclic N) is 1. The van der Waals surface area contributed by atoms with E-state index in [1.54, 1.807) is 0 Å². The lowest BCUT2D eigenvalue weighted by atomic mass is 10.1. The first kappa shape index (κ1) is 11.5. The van der Waals surface area contributed by atoms with Crippen molar-refractivity contribution < 1.29 is 5.11 Å². The molecule has 2 rings (SSSR count). The number of aliphatic hydroxyl groups excluding tert-OH is 1. The Morgan fingerprint density at radius 1 is 1.50 bits per heavy atom. The van der Waals surface area contributed by atoms with Crippen LogP contribution in [0.1, 0.15) is 11.3 Å². The molecule has 4 nitrogen and oxygen atoms in total. The van der Waals surface area contributed by atoms with Gasteiger partial charge in [-0.05, 0) is 18.6 Å². The predicted octanol–water partition coefficient (Wildman–Crippen LogP) is 0.0599. The highest BCUT2D eigenvalue weighted by Gasteiger charge is 2.23. The summed E-state index contributed by atoms with van der Waals surface area (Å²) in [5, 5.41) is 16.1. The summed E-state index contributed by atoms with van der Waals surface area (Å²) in [6.07, 6.45) is 1.69. The maximum absolute atomic E-state index is 9.61. The zero-order valence-corrected chi connectivity index (χ0v) is 9.61. The molecular formula is C12H19N3O. The van der Waals surface area contributed by atoms with Crippen LogP contribution in [0.3, 0.4) is 0 Å². The van der Waals surface area contributed by atoms with Crippen LogP contribution in [0.15, 0.2) is 18.3 Å². The van der Waals surface area contributed by atoms with Crippen LogP contribution in [0, 0.1) is 12.8 Å². The first-order valence-corrected chi connectivity index (χ1v) is 5.77. The van der Waals surface area contributed by atoms with E-state index >= 15 is 0 Å². The Bertz CT molecular complexity index is 326. The molecule has 0 saturated carbocycles. The average molecular weight is 221 g/mol. The fraction of sp³-hybridized carbons (Fsp3) is 0.583. The Morgan fingerprint density at radius 2 is 2.38 bits per heavy atom. The highest BCUT2D eigenvalue weighted by atomic mass is 16.3. The van der Waals surface area contributed by atoms with Crippen LogP contribution in [0.4, 0.5) is 0 Å². The van der Waals surface area contributed by atoms with Gasteiger partial charge in [0.2, 0.25) is 0 Å². The number of aryl methyl sites for hydroxylation is 1. The van der Waals surface area contributed by atoms with Crippen LogP contribution in [0.2, 0.25) is 0 Å². The quantitative estimate of drug-likeness (QED) is 0.673. The van der Waals surface area contributed by atoms with Gasteiger partial charge >= 0.3 is 0 Å². The van der Waals surface area contributed by atoms with E-state index in [1.807, 2.05) is 19.2 Å². The Balaban J connectivity index is 1.73. The zero-order valence-electron chi connectivity index (χ0n) is 9.61. The van der Waals surface area contributed by atoms with Crippen LogP contribution >= 0.6 is 0 Å². The summed E-state index contributed by atoms with van der Waals surface area (Å²) in [7, 11) is 0. The molecular weight excluding hydrogens is 202 g/mol. The fourth-order valence-corrected chi connectivity index (χ4v) is 1.93. The van der Waals surface area contributed by atoms with Gasteiger partial charge in [0, 0.05) is 44.0 Å². The maximum atomic E-state index is 9.61. The van der Waals surface area contributed by atoms with Crippen molar-refractivity contribution >= 4 is 0 Å². The van der Waals surface area contributed by atoms with Gasteiger partial charge in [0.25, 0.3) is 0 Å². The lowest BCUT2D eigenvalue weighted by Crippen LogP contribution is -2.30. The summed E-state index contributed by atoms with van der Waals surface area (Å²) in [6, 6.07) is 4.10. The minimum absolute atomic E-state index is 0.205. The molecule has 1 aromatic rings. The Morgan fingerprint density at radius 3 is 3.00 bits per heavy atom. The van der Waals surface area contributed by atoms with Crippen molar-refractivity contribution in [3.05, 3.63) is 29.6 Å². The number of hydrogen-bond acceptors (Lipinski definition) is 4. The Hall–Kier alpha value is -0.970. The molecule has 0 aromatic carbocycles. The molecule has 16 heavy (non-hydrogen) atoms. The van der Waals surface area contributed by atoms with Gasteiger partial charge in [0.05, 0.1) is 6.10 Å². The van der Waals surface area contributed by atoms with Crippen LogP contribution < -0.4 is 10.6 Å². The van der Waals surface area contributed by atoms with Crippen molar-refractivity contribution in [2.24, 2.45) is 5.92 Å². The minimum Gasteiger partial charge on any atom is -0.391 e. The number of pyridine rings is 1. The van der Waals surface area contributed by atoms with E-state index in [0.717, 1.165) is 31.9 Å². The van der Waals surface area contributed by atoms with Crippen molar-refractivity contribution in [2.45, 2.75) is 19.6 Å². The lowest BCUT2D eigenvalue weighted by Gasteiger charge is -2.13. The van der Waals surface area contributed by atoms with E-state index in [2.05, 4.69) is 21.7 Å². The van der Waals surface area contributed by atoms with Gasteiger partial charge in [-0.25, -0.2) is 0 Å². The van der Waals surface area contributed by atoms with Crippen LogP contribution in [0.5, 0.6) is 0 Å². The second-order valence-electron chi connectivity index (χ2n) is 4.42. The summed E-state index contributed by atoms with van der Waals surface area (Å²) in [5.74, 6) is 0.332. The molecule has 0 bridgehead atoms. The molecule has 1 aliphatic rings. The van der Waals surface area contributed by atoms with E-state index in [0.29, 0.717) is 5.92 Å². The third kappa shape index (κ3) is 3.01. The van der Waals surface area contributed by atoms with Crippen LogP contribution in [-0.4, -0.2) is 35.8 Å². The largest absolute Gasteiger partial charge is 0.391 e. The van der Waals surface area contributed by atoms with Crippen molar-refractivity contribution in [3.63, 3.8) is 0 Å². The highest BCUT2D eigenvalue weighted by molar-refractivity contribution is 5.12. The third-order valence-corrected chi connectivity index (χ3v) is 3.01. The van der Waals surface area contributed by atoms with Gasteiger partial charge in [-0.1, -0.05) is 6.07 Å². The molecule has 4 heteroatoms. The first-order chi connectivity index (χ1) is 7.75. The molecule has 0 amide bonds. The summed E-state index contributed by atoms with van der Waals surface area (Å²) in [5.41, 5.74) is 2.23. The lowest BCUT2D eigenvalue weighted by molar-refractivity contribution is 0.146. The summed E-state index contributed by atoms with van der Waals surface area (Å²) >= 11 is 0. The summed E-state index contributed by atoms with van der Waals surface area (Å²) in [6.45, 7) is 5.27. The smallest absolute Gasteiger partial charge is 0.0716 e. The molecule has 0 spiro atoms. The number of hydrogen-bond donors (Lipinski definition) is 3. The van der Waals surface area contributed by atoms with Crippen LogP contribution in [0.25, 0.3) is 0 Å². The maximum Gasteiger partial charge on any atom is 0.0716 e. The number of nitrogens with zero attached hydrogens (tertiary/aromatic N) is 1. The second kappa shape index (κ2) is 5.39. The molecule has 1 saturated heterocycles. The number of rotatable bonds is 4. The second-order valence-corrected chi connectivity index (χ2v) is 4.42. The average Bonchev–Trinajstić information content (AvgIpc) is 2.68. The third-order valence-electron chi connectivity index (χ3n) is 3.01. The highest BCUT2D eigenvalue weighted by Crippen LogP contribution is 2.07. The first-order valence-electron chi connectivity index (χ1n) is 5.77. The Kier molecular flexibility index (Phi) is 3.88. The van der Waals surface area contributed by atoms with Gasteiger partial charge in [-0.2, -0.15) is 0 Å². The van der Waals surface area contributed by atoms with E-state index in [4.69, 9.17) is 0 Å². The number of aromatic nitrogens is 1. The van der Waals surface area contributed by atoms with E-state index in [1.165, 1.54) is 5.56 Å². The topological polar surface area (TPSA) is 57.2 Å². The van der Waals surface area contributed by atoms with Gasteiger partial charge in [-0.15, -0.1) is 0 Å². The van der Waals surface area contributed by atoms with Gasteiger partial charge in [-0.3, -0.25) is 4.98 Å². The molecule has 1 aromatic heterocycles. The van der Waals surface area contributed by atoms with Gasteiger partial charge in [0.1, 0.15) is 0 Å². The van der Waals surface area contributed by atoms with Crippen molar-refractivity contribution in [1.82, 2.24) is 15.6 Å². The van der Waals surface area contributed by atoms with E-state index in [-0.39, 0.29) is 6.10 Å². The SMILES string of the molecule is Cc1ccc(CNCC2CNCC2O)cn1. The molecule has 2 unspecified atom stereocenters. The predicted molar refractivity (Wildman–Crippen MR) is 63.0 cm³/mol. The Labute approximate surface area is 96.1 Å².